The van der Waals surface area contributed by atoms with Crippen LogP contribution in [0.4, 0.5) is 0 Å². The van der Waals surface area contributed by atoms with Crippen molar-refractivity contribution >= 4 is 0 Å². The number of terminal acetylenes is 1. The Balaban J connectivity index is 1.94. The minimum atomic E-state index is 0.832. The van der Waals surface area contributed by atoms with Crippen LogP contribution >= 0.6 is 0 Å². The van der Waals surface area contributed by atoms with Crippen molar-refractivity contribution in [3.63, 3.8) is 0 Å². The van der Waals surface area contributed by atoms with Crippen molar-refractivity contribution in [2.75, 3.05) is 0 Å². The Labute approximate surface area is 114 Å². The zero-order valence-corrected chi connectivity index (χ0v) is 11.7. The minimum Gasteiger partial charge on any atom is -0.308 e. The van der Waals surface area contributed by atoms with Crippen LogP contribution in [0.3, 0.4) is 0 Å². The van der Waals surface area contributed by atoms with Gasteiger partial charge < -0.3 is 5.32 Å². The summed E-state index contributed by atoms with van der Waals surface area (Å²) in [5, 5.41) is 7.86. The summed E-state index contributed by atoms with van der Waals surface area (Å²) in [7, 11) is 1.98. The van der Waals surface area contributed by atoms with Crippen LogP contribution in [0, 0.1) is 26.2 Å². The summed E-state index contributed by atoms with van der Waals surface area (Å²) in [6, 6.07) is 8.06. The average molecular weight is 253 g/mol. The molecule has 0 aliphatic carbocycles. The Hall–Kier alpha value is -2.05. The maximum atomic E-state index is 5.34. The number of benzene rings is 1. The van der Waals surface area contributed by atoms with Gasteiger partial charge in [-0.1, -0.05) is 18.1 Å². The SMILES string of the molecule is C#Cc1ccc(CNCc2c(C)nn(C)c2C)cc1. The molecule has 0 saturated carbocycles. The highest BCUT2D eigenvalue weighted by Gasteiger charge is 2.08. The molecule has 1 heterocycles. The predicted octanol–water partition coefficient (Wildman–Crippen LogP) is 2.31. The number of nitrogens with zero attached hydrogens (tertiary/aromatic N) is 2. The van der Waals surface area contributed by atoms with Crippen LogP contribution in [0.25, 0.3) is 0 Å². The van der Waals surface area contributed by atoms with Gasteiger partial charge in [-0.25, -0.2) is 0 Å². The van der Waals surface area contributed by atoms with Crippen LogP contribution in [0.5, 0.6) is 0 Å². The van der Waals surface area contributed by atoms with E-state index in [2.05, 4.69) is 35.4 Å². The van der Waals surface area contributed by atoms with Crippen molar-refractivity contribution in [2.45, 2.75) is 26.9 Å². The second-order valence-electron chi connectivity index (χ2n) is 4.72. The molecule has 2 aromatic rings. The number of nitrogens with one attached hydrogen (secondary N) is 1. The summed E-state index contributed by atoms with van der Waals surface area (Å²) in [4.78, 5) is 0. The lowest BCUT2D eigenvalue weighted by molar-refractivity contribution is 0.684. The molecule has 0 fully saturated rings. The van der Waals surface area contributed by atoms with Gasteiger partial charge in [-0.15, -0.1) is 6.42 Å². The van der Waals surface area contributed by atoms with Crippen LogP contribution in [-0.4, -0.2) is 9.78 Å². The van der Waals surface area contributed by atoms with E-state index in [-0.39, 0.29) is 0 Å². The topological polar surface area (TPSA) is 29.9 Å². The van der Waals surface area contributed by atoms with Gasteiger partial charge in [-0.2, -0.15) is 5.10 Å². The Bertz CT molecular complexity index is 600. The standard InChI is InChI=1S/C16H19N3/c1-5-14-6-8-15(9-7-14)10-17-11-16-12(2)18-19(4)13(16)3/h1,6-9,17H,10-11H2,2-4H3. The Morgan fingerprint density at radius 1 is 1.21 bits per heavy atom. The normalized spacial score (nSPS) is 10.4. The second-order valence-corrected chi connectivity index (χ2v) is 4.72. The number of aryl methyl sites for hydroxylation is 2. The van der Waals surface area contributed by atoms with Crippen LogP contribution in [0.2, 0.25) is 0 Å². The monoisotopic (exact) mass is 253 g/mol. The van der Waals surface area contributed by atoms with Gasteiger partial charge in [-0.3, -0.25) is 4.68 Å². The molecule has 0 amide bonds. The Morgan fingerprint density at radius 3 is 2.42 bits per heavy atom. The van der Waals surface area contributed by atoms with E-state index in [1.54, 1.807) is 0 Å². The van der Waals surface area contributed by atoms with Crippen molar-refractivity contribution in [2.24, 2.45) is 7.05 Å². The fourth-order valence-corrected chi connectivity index (χ4v) is 2.12. The fourth-order valence-electron chi connectivity index (χ4n) is 2.12. The lowest BCUT2D eigenvalue weighted by atomic mass is 10.1. The average Bonchev–Trinajstić information content (AvgIpc) is 2.66. The molecule has 1 N–H and O–H groups in total. The largest absolute Gasteiger partial charge is 0.308 e. The number of hydrogen-bond donors (Lipinski definition) is 1. The third-order valence-electron chi connectivity index (χ3n) is 3.41. The summed E-state index contributed by atoms with van der Waals surface area (Å²) in [6.07, 6.45) is 5.34. The van der Waals surface area contributed by atoms with Crippen LogP contribution in [-0.2, 0) is 20.1 Å². The highest BCUT2D eigenvalue weighted by atomic mass is 15.3. The number of hydrogen-bond acceptors (Lipinski definition) is 2. The van der Waals surface area contributed by atoms with Gasteiger partial charge in [-0.05, 0) is 31.5 Å². The molecule has 3 heteroatoms. The van der Waals surface area contributed by atoms with Crippen LogP contribution < -0.4 is 5.32 Å². The van der Waals surface area contributed by atoms with E-state index in [1.807, 2.05) is 30.8 Å². The molecule has 0 unspecified atom stereocenters. The van der Waals surface area contributed by atoms with E-state index in [9.17, 15) is 0 Å². The third-order valence-corrected chi connectivity index (χ3v) is 3.41. The van der Waals surface area contributed by atoms with Gasteiger partial charge in [0, 0.05) is 37.0 Å². The van der Waals surface area contributed by atoms with E-state index in [0.29, 0.717) is 0 Å². The van der Waals surface area contributed by atoms with Crippen molar-refractivity contribution in [3.8, 4) is 12.3 Å². The second kappa shape index (κ2) is 5.73. The van der Waals surface area contributed by atoms with Crippen molar-refractivity contribution in [1.82, 2.24) is 15.1 Å². The zero-order valence-electron chi connectivity index (χ0n) is 11.7. The molecular formula is C16H19N3. The van der Waals surface area contributed by atoms with Gasteiger partial charge in [0.1, 0.15) is 0 Å². The van der Waals surface area contributed by atoms with Crippen molar-refractivity contribution in [1.29, 1.82) is 0 Å². The molecule has 0 saturated heterocycles. The minimum absolute atomic E-state index is 0.832. The number of rotatable bonds is 4. The molecule has 0 spiro atoms. The molecular weight excluding hydrogens is 234 g/mol. The summed E-state index contributed by atoms with van der Waals surface area (Å²) in [5.41, 5.74) is 5.74. The lowest BCUT2D eigenvalue weighted by Crippen LogP contribution is -2.13. The van der Waals surface area contributed by atoms with Gasteiger partial charge in [0.15, 0.2) is 0 Å². The molecule has 2 rings (SSSR count). The first-order valence-electron chi connectivity index (χ1n) is 6.37. The lowest BCUT2D eigenvalue weighted by Gasteiger charge is -2.06. The molecule has 0 aliphatic rings. The first-order valence-corrected chi connectivity index (χ1v) is 6.37. The first-order chi connectivity index (χ1) is 9.11. The van der Waals surface area contributed by atoms with Crippen molar-refractivity contribution < 1.29 is 0 Å². The highest BCUT2D eigenvalue weighted by Crippen LogP contribution is 2.11. The zero-order chi connectivity index (χ0) is 13.8. The molecule has 3 nitrogen and oxygen atoms in total. The van der Waals surface area contributed by atoms with Gasteiger partial charge in [0.05, 0.1) is 5.69 Å². The van der Waals surface area contributed by atoms with Crippen LogP contribution in [0.15, 0.2) is 24.3 Å². The summed E-state index contributed by atoms with van der Waals surface area (Å²) < 4.78 is 1.92. The van der Waals surface area contributed by atoms with E-state index >= 15 is 0 Å². The maximum absolute atomic E-state index is 5.34. The Morgan fingerprint density at radius 2 is 1.89 bits per heavy atom. The van der Waals surface area contributed by atoms with E-state index in [1.165, 1.54) is 16.8 Å². The fraction of sp³-hybridized carbons (Fsp3) is 0.312. The molecule has 0 bridgehead atoms. The molecule has 1 aromatic heterocycles. The van der Waals surface area contributed by atoms with Gasteiger partial charge >= 0.3 is 0 Å². The molecule has 0 atom stereocenters. The summed E-state index contributed by atoms with van der Waals surface area (Å²) >= 11 is 0. The highest BCUT2D eigenvalue weighted by molar-refractivity contribution is 5.34. The quantitative estimate of drug-likeness (QED) is 0.847. The van der Waals surface area contributed by atoms with Crippen molar-refractivity contribution in [3.05, 3.63) is 52.3 Å². The van der Waals surface area contributed by atoms with Gasteiger partial charge in [0.2, 0.25) is 0 Å². The smallest absolute Gasteiger partial charge is 0.0641 e. The van der Waals surface area contributed by atoms with Crippen LogP contribution in [0.1, 0.15) is 28.1 Å². The Kier molecular flexibility index (Phi) is 4.03. The third kappa shape index (κ3) is 3.04. The maximum Gasteiger partial charge on any atom is 0.0641 e. The molecule has 0 radical (unpaired) electrons. The molecule has 19 heavy (non-hydrogen) atoms. The summed E-state index contributed by atoms with van der Waals surface area (Å²) in [6.45, 7) is 5.81. The molecule has 98 valence electrons. The molecule has 0 aliphatic heterocycles. The van der Waals surface area contributed by atoms with E-state index in [4.69, 9.17) is 6.42 Å². The van der Waals surface area contributed by atoms with E-state index in [0.717, 1.165) is 24.3 Å². The van der Waals surface area contributed by atoms with E-state index < -0.39 is 0 Å². The molecule has 1 aromatic carbocycles. The first kappa shape index (κ1) is 13.4. The number of aromatic nitrogens is 2. The summed E-state index contributed by atoms with van der Waals surface area (Å²) in [5.74, 6) is 2.62. The van der Waals surface area contributed by atoms with Gasteiger partial charge in [0.25, 0.3) is 0 Å². The predicted molar refractivity (Wildman–Crippen MR) is 77.6 cm³/mol.